The van der Waals surface area contributed by atoms with Crippen LogP contribution >= 0.6 is 0 Å². The van der Waals surface area contributed by atoms with E-state index in [2.05, 4.69) is 64.6 Å². The average molecular weight is 470 g/mol. The van der Waals surface area contributed by atoms with E-state index in [1.54, 1.807) is 12.7 Å². The predicted molar refractivity (Wildman–Crippen MR) is 142 cm³/mol. The van der Waals surface area contributed by atoms with E-state index in [4.69, 9.17) is 4.84 Å². The second-order valence-electron chi connectivity index (χ2n) is 12.1. The van der Waals surface area contributed by atoms with Crippen LogP contribution in [-0.2, 0) is 4.84 Å². The SMILES string of the molecule is C=C1/C(=C\C=C2/CCC[C@]3(C)C([C@H](C)CCC/C(=N/OC)C(C)(C)C)=CC[C@@H]23)C[C@H](O)C[C@H]1O. The largest absolute Gasteiger partial charge is 0.399 e. The number of oxime groups is 1. The lowest BCUT2D eigenvalue weighted by atomic mass is 9.62. The lowest BCUT2D eigenvalue weighted by Gasteiger charge is -2.42. The van der Waals surface area contributed by atoms with Crippen molar-refractivity contribution in [2.75, 3.05) is 7.11 Å². The summed E-state index contributed by atoms with van der Waals surface area (Å²) in [6, 6.07) is 0. The van der Waals surface area contributed by atoms with Gasteiger partial charge in [0.15, 0.2) is 0 Å². The van der Waals surface area contributed by atoms with Gasteiger partial charge in [0.2, 0.25) is 0 Å². The van der Waals surface area contributed by atoms with Gasteiger partial charge in [0.25, 0.3) is 0 Å². The first-order valence-electron chi connectivity index (χ1n) is 13.2. The molecule has 0 radical (unpaired) electrons. The molecule has 0 unspecified atom stereocenters. The first-order chi connectivity index (χ1) is 16.0. The van der Waals surface area contributed by atoms with Gasteiger partial charge in [-0.05, 0) is 79.8 Å². The van der Waals surface area contributed by atoms with Crippen LogP contribution in [0, 0.1) is 22.7 Å². The monoisotopic (exact) mass is 469 g/mol. The first kappa shape index (κ1) is 26.9. The van der Waals surface area contributed by atoms with Gasteiger partial charge in [-0.25, -0.2) is 0 Å². The summed E-state index contributed by atoms with van der Waals surface area (Å²) in [4.78, 5) is 5.10. The number of hydrogen-bond acceptors (Lipinski definition) is 4. The Balaban J connectivity index is 1.67. The van der Waals surface area contributed by atoms with Gasteiger partial charge in [-0.1, -0.05) is 75.7 Å². The molecule has 2 fully saturated rings. The number of hydrogen-bond donors (Lipinski definition) is 2. The van der Waals surface area contributed by atoms with E-state index in [1.807, 2.05) is 0 Å². The van der Waals surface area contributed by atoms with E-state index in [9.17, 15) is 10.2 Å². The standard InChI is InChI=1S/C30H47NO3/c1-20(10-8-12-28(31-34-7)29(3,4)5)25-15-16-26-22(11-9-17-30(25,26)6)13-14-23-18-24(32)19-27(33)21(23)2/h13-15,20,24,26-27,32-33H,2,8-12,16-19H2,1,3-7H3/b22-13+,23-14-,31-28-/t20-,24+,26+,27-,30-/m1/s1. The van der Waals surface area contributed by atoms with Crippen molar-refractivity contribution in [3.05, 3.63) is 47.1 Å². The molecule has 4 nitrogen and oxygen atoms in total. The molecule has 4 heteroatoms. The molecule has 0 saturated heterocycles. The van der Waals surface area contributed by atoms with E-state index < -0.39 is 12.2 Å². The van der Waals surface area contributed by atoms with Crippen molar-refractivity contribution in [3.8, 4) is 0 Å². The fourth-order valence-corrected chi connectivity index (χ4v) is 6.48. The zero-order chi connectivity index (χ0) is 25.1. The summed E-state index contributed by atoms with van der Waals surface area (Å²) < 4.78 is 0. The Morgan fingerprint density at radius 3 is 2.74 bits per heavy atom. The number of aliphatic hydroxyl groups excluding tert-OH is 2. The zero-order valence-corrected chi connectivity index (χ0v) is 22.4. The highest BCUT2D eigenvalue weighted by Gasteiger charge is 2.45. The fraction of sp³-hybridized carbons (Fsp3) is 0.700. The molecule has 3 aliphatic rings. The van der Waals surface area contributed by atoms with E-state index in [0.717, 1.165) is 42.5 Å². The number of aliphatic hydroxyl groups is 2. The van der Waals surface area contributed by atoms with Gasteiger partial charge in [-0.15, -0.1) is 0 Å². The zero-order valence-electron chi connectivity index (χ0n) is 22.4. The summed E-state index contributed by atoms with van der Waals surface area (Å²) in [5.41, 5.74) is 6.34. The van der Waals surface area contributed by atoms with Gasteiger partial charge in [0.05, 0.1) is 17.9 Å². The maximum absolute atomic E-state index is 10.2. The van der Waals surface area contributed by atoms with Gasteiger partial charge in [0.1, 0.15) is 7.11 Å². The normalized spacial score (nSPS) is 33.8. The molecule has 0 aliphatic heterocycles. The van der Waals surface area contributed by atoms with E-state index in [1.165, 1.54) is 24.8 Å². The second kappa shape index (κ2) is 11.0. The fourth-order valence-electron chi connectivity index (χ4n) is 6.48. The third-order valence-corrected chi connectivity index (χ3v) is 8.52. The summed E-state index contributed by atoms with van der Waals surface area (Å²) >= 11 is 0. The molecule has 3 aliphatic carbocycles. The summed E-state index contributed by atoms with van der Waals surface area (Å²) in [5.74, 6) is 1.13. The van der Waals surface area contributed by atoms with Crippen LogP contribution < -0.4 is 0 Å². The molecule has 2 N–H and O–H groups in total. The Morgan fingerprint density at radius 2 is 2.06 bits per heavy atom. The van der Waals surface area contributed by atoms with E-state index in [-0.39, 0.29) is 10.8 Å². The van der Waals surface area contributed by atoms with Crippen molar-refractivity contribution in [1.29, 1.82) is 0 Å². The van der Waals surface area contributed by atoms with Crippen LogP contribution in [-0.4, -0.2) is 35.2 Å². The molecule has 0 spiro atoms. The van der Waals surface area contributed by atoms with Crippen molar-refractivity contribution in [2.45, 2.75) is 105 Å². The molecule has 0 amide bonds. The van der Waals surface area contributed by atoms with E-state index >= 15 is 0 Å². The van der Waals surface area contributed by atoms with Crippen molar-refractivity contribution < 1.29 is 15.1 Å². The number of nitrogens with zero attached hydrogens (tertiary/aromatic N) is 1. The van der Waals surface area contributed by atoms with Crippen LogP contribution in [0.25, 0.3) is 0 Å². The molecule has 0 aromatic carbocycles. The smallest absolute Gasteiger partial charge is 0.106 e. The molecule has 5 atom stereocenters. The van der Waals surface area contributed by atoms with Gasteiger partial charge in [0, 0.05) is 11.8 Å². The highest BCUT2D eigenvalue weighted by Crippen LogP contribution is 2.57. The molecule has 34 heavy (non-hydrogen) atoms. The molecule has 190 valence electrons. The molecular weight excluding hydrogens is 422 g/mol. The van der Waals surface area contributed by atoms with Gasteiger partial charge >= 0.3 is 0 Å². The van der Waals surface area contributed by atoms with Crippen LogP contribution in [0.15, 0.2) is 52.3 Å². The molecule has 2 saturated carbocycles. The minimum atomic E-state index is -0.627. The van der Waals surface area contributed by atoms with Crippen molar-refractivity contribution >= 4 is 5.71 Å². The van der Waals surface area contributed by atoms with Gasteiger partial charge < -0.3 is 15.1 Å². The van der Waals surface area contributed by atoms with Crippen LogP contribution in [0.5, 0.6) is 0 Å². The Morgan fingerprint density at radius 1 is 1.32 bits per heavy atom. The maximum atomic E-state index is 10.2. The summed E-state index contributed by atoms with van der Waals surface area (Å²) in [6.07, 6.45) is 14.8. The Kier molecular flexibility index (Phi) is 8.68. The summed E-state index contributed by atoms with van der Waals surface area (Å²) in [7, 11) is 1.64. The highest BCUT2D eigenvalue weighted by atomic mass is 16.6. The van der Waals surface area contributed by atoms with Gasteiger partial charge in [-0.2, -0.15) is 0 Å². The minimum Gasteiger partial charge on any atom is -0.399 e. The second-order valence-corrected chi connectivity index (χ2v) is 12.1. The Labute approximate surface area is 207 Å². The average Bonchev–Trinajstić information content (AvgIpc) is 3.11. The highest BCUT2D eigenvalue weighted by molar-refractivity contribution is 5.88. The van der Waals surface area contributed by atoms with Crippen molar-refractivity contribution in [1.82, 2.24) is 0 Å². The van der Waals surface area contributed by atoms with Gasteiger partial charge in [-0.3, -0.25) is 0 Å². The quantitative estimate of drug-likeness (QED) is 0.242. The molecule has 3 rings (SSSR count). The molecule has 0 heterocycles. The Bertz CT molecular complexity index is 872. The third-order valence-electron chi connectivity index (χ3n) is 8.52. The topological polar surface area (TPSA) is 62.0 Å². The molecule has 0 aromatic rings. The number of fused-ring (bicyclic) bond motifs is 1. The van der Waals surface area contributed by atoms with Crippen LogP contribution in [0.1, 0.15) is 92.4 Å². The van der Waals surface area contributed by atoms with Crippen molar-refractivity contribution in [3.63, 3.8) is 0 Å². The predicted octanol–water partition coefficient (Wildman–Crippen LogP) is 6.90. The van der Waals surface area contributed by atoms with Crippen LogP contribution in [0.3, 0.4) is 0 Å². The molecule has 0 bridgehead atoms. The lowest BCUT2D eigenvalue weighted by molar-refractivity contribution is 0.0862. The van der Waals surface area contributed by atoms with Crippen LogP contribution in [0.2, 0.25) is 0 Å². The summed E-state index contributed by atoms with van der Waals surface area (Å²) in [6.45, 7) is 15.6. The minimum absolute atomic E-state index is 0.0379. The molecular formula is C30H47NO3. The lowest BCUT2D eigenvalue weighted by Crippen LogP contribution is -2.32. The number of allylic oxidation sites excluding steroid dienone is 5. The number of rotatable bonds is 7. The maximum Gasteiger partial charge on any atom is 0.106 e. The van der Waals surface area contributed by atoms with Crippen LogP contribution in [0.4, 0.5) is 0 Å². The third kappa shape index (κ3) is 5.94. The van der Waals surface area contributed by atoms with E-state index in [0.29, 0.717) is 24.7 Å². The summed E-state index contributed by atoms with van der Waals surface area (Å²) in [5, 5.41) is 24.6. The first-order valence-corrected chi connectivity index (χ1v) is 13.2. The Hall–Kier alpha value is -1.65. The van der Waals surface area contributed by atoms with Crippen molar-refractivity contribution in [2.24, 2.45) is 27.8 Å². The molecule has 0 aromatic heterocycles.